The number of carbonyl (C=O) groups is 1. The predicted octanol–water partition coefficient (Wildman–Crippen LogP) is 8.89. The lowest BCUT2D eigenvalue weighted by Gasteiger charge is -2.39. The normalized spacial score (nSPS) is 23.7. The molecule has 5 aromatic rings. The molecule has 5 fully saturated rings. The van der Waals surface area contributed by atoms with Crippen molar-refractivity contribution in [3.63, 3.8) is 0 Å². The summed E-state index contributed by atoms with van der Waals surface area (Å²) in [6.45, 7) is 2.35. The molecule has 10 rings (SSSR count). The van der Waals surface area contributed by atoms with Crippen molar-refractivity contribution in [3.8, 4) is 17.2 Å². The Morgan fingerprint density at radius 3 is 2.55 bits per heavy atom. The molecule has 55 heavy (non-hydrogen) atoms. The van der Waals surface area contributed by atoms with E-state index in [2.05, 4.69) is 16.0 Å². The first kappa shape index (κ1) is 36.5. The van der Waals surface area contributed by atoms with Crippen LogP contribution in [0.1, 0.15) is 79.7 Å². The van der Waals surface area contributed by atoms with E-state index >= 15 is 4.39 Å². The number of nitriles is 1. The van der Waals surface area contributed by atoms with E-state index in [1.165, 1.54) is 18.2 Å². The second kappa shape index (κ2) is 14.1. The number of nitrogens with one attached hydrogen (secondary N) is 1. The number of halogens is 5. The Kier molecular flexibility index (Phi) is 9.34. The number of hydrogen-bond acceptors (Lipinski definition) is 6. The number of aliphatic hydroxyl groups excluding tert-OH is 1. The molecule has 2 saturated carbocycles. The molecule has 13 heteroatoms. The first-order valence-corrected chi connectivity index (χ1v) is 19.6. The standard InChI is InChI=1S/C42H38Cl2F3N5O3/c1-20(53)38-27-16-34(33-15-24(18-51(33)42(54)21-10-11-21)55-19-28-30(45)8-3-9-31(28)46)52(40-23-14-32(40)49-17-23)41(27)26-13-22(5-4-12-48)35(37(47)39(26)50-38)25-6-2-7-29(43)36(25)44/h2-3,6-9,13,16,20-21,23-24,32-33,40,49,53H,4-5,10-11,14-15,17-19H2,1H3. The second-order valence-corrected chi connectivity index (χ2v) is 16.2. The summed E-state index contributed by atoms with van der Waals surface area (Å²) in [4.78, 5) is 20.7. The van der Waals surface area contributed by atoms with E-state index in [9.17, 15) is 23.9 Å². The van der Waals surface area contributed by atoms with Crippen molar-refractivity contribution in [2.75, 3.05) is 13.1 Å². The second-order valence-electron chi connectivity index (χ2n) is 15.4. The van der Waals surface area contributed by atoms with Gasteiger partial charge >= 0.3 is 0 Å². The van der Waals surface area contributed by atoms with Crippen molar-refractivity contribution in [1.29, 1.82) is 5.26 Å². The van der Waals surface area contributed by atoms with E-state index in [-0.39, 0.29) is 88.2 Å². The highest BCUT2D eigenvalue weighted by Crippen LogP contribution is 2.52. The molecule has 3 saturated heterocycles. The molecule has 5 aliphatic rings. The van der Waals surface area contributed by atoms with Crippen LogP contribution in [0.15, 0.2) is 48.5 Å². The zero-order valence-corrected chi connectivity index (χ0v) is 31.5. The quantitative estimate of drug-likeness (QED) is 0.147. The Morgan fingerprint density at radius 2 is 1.87 bits per heavy atom. The number of likely N-dealkylation sites (tertiary alicyclic amines) is 1. The van der Waals surface area contributed by atoms with Gasteiger partial charge in [0.15, 0.2) is 5.82 Å². The predicted molar refractivity (Wildman–Crippen MR) is 203 cm³/mol. The van der Waals surface area contributed by atoms with E-state index in [1.54, 1.807) is 25.1 Å². The number of hydrogen-bond donors (Lipinski definition) is 2. The van der Waals surface area contributed by atoms with E-state index in [0.29, 0.717) is 33.8 Å². The first-order valence-electron chi connectivity index (χ1n) is 18.8. The van der Waals surface area contributed by atoms with Gasteiger partial charge in [0.05, 0.1) is 58.2 Å². The van der Waals surface area contributed by atoms with Crippen molar-refractivity contribution in [2.45, 2.75) is 82.4 Å². The van der Waals surface area contributed by atoms with Crippen LogP contribution < -0.4 is 5.32 Å². The van der Waals surface area contributed by atoms with Gasteiger partial charge in [-0.2, -0.15) is 5.26 Å². The number of ether oxygens (including phenoxy) is 1. The van der Waals surface area contributed by atoms with Gasteiger partial charge in [0.1, 0.15) is 17.2 Å². The molecule has 2 aromatic heterocycles. The van der Waals surface area contributed by atoms with E-state index in [1.807, 2.05) is 17.0 Å². The third-order valence-corrected chi connectivity index (χ3v) is 12.8. The van der Waals surface area contributed by atoms with Crippen LogP contribution in [0.2, 0.25) is 10.0 Å². The average Bonchev–Trinajstić information content (AvgIpc) is 3.44. The summed E-state index contributed by atoms with van der Waals surface area (Å²) in [6, 6.07) is 14.4. The van der Waals surface area contributed by atoms with Gasteiger partial charge in [-0.3, -0.25) is 4.79 Å². The monoisotopic (exact) mass is 787 g/mol. The molecular formula is C42H38Cl2F3N5O3. The molecule has 3 aromatic carbocycles. The van der Waals surface area contributed by atoms with Gasteiger partial charge in [0.25, 0.3) is 0 Å². The minimum atomic E-state index is -1.08. The number of aryl methyl sites for hydroxylation is 1. The topological polar surface area (TPSA) is 103 Å². The SMILES string of the molecule is CC(O)c1nc2c(F)c(-c3cccc(Cl)c3Cl)c(CCC#N)cc2c2c1cc(C1CC(OCc3c(F)cccc3F)CN1C(=O)C1CC1)n2C1C2CNC1C2. The van der Waals surface area contributed by atoms with Crippen LogP contribution >= 0.6 is 23.2 Å². The molecule has 5 heterocycles. The molecule has 8 nitrogen and oxygen atoms in total. The van der Waals surface area contributed by atoms with Gasteiger partial charge in [0.2, 0.25) is 5.91 Å². The van der Waals surface area contributed by atoms with Crippen molar-refractivity contribution < 1.29 is 27.8 Å². The Bertz CT molecular complexity index is 2390. The van der Waals surface area contributed by atoms with E-state index in [4.69, 9.17) is 32.9 Å². The molecule has 0 spiro atoms. The lowest BCUT2D eigenvalue weighted by atomic mass is 9.79. The summed E-state index contributed by atoms with van der Waals surface area (Å²) < 4.78 is 55.0. The fraction of sp³-hybridized carbons (Fsp3) is 0.405. The lowest BCUT2D eigenvalue weighted by molar-refractivity contribution is -0.134. The summed E-state index contributed by atoms with van der Waals surface area (Å²) in [6.07, 6.45) is 1.68. The number of amides is 1. The van der Waals surface area contributed by atoms with Crippen molar-refractivity contribution in [1.82, 2.24) is 19.8 Å². The van der Waals surface area contributed by atoms with Crippen LogP contribution in [0, 0.1) is 40.6 Å². The third kappa shape index (κ3) is 6.09. The van der Waals surface area contributed by atoms with Gasteiger partial charge < -0.3 is 24.6 Å². The summed E-state index contributed by atoms with van der Waals surface area (Å²) in [7, 11) is 0. The first-order chi connectivity index (χ1) is 26.5. The summed E-state index contributed by atoms with van der Waals surface area (Å²) in [5.74, 6) is -1.85. The fourth-order valence-electron chi connectivity index (χ4n) is 9.17. The molecule has 0 radical (unpaired) electrons. The van der Waals surface area contributed by atoms with E-state index < -0.39 is 35.7 Å². The number of aromatic nitrogens is 2. The molecule has 2 N–H and O–H groups in total. The molecule has 284 valence electrons. The highest BCUT2D eigenvalue weighted by molar-refractivity contribution is 6.43. The van der Waals surface area contributed by atoms with Gasteiger partial charge in [-0.15, -0.1) is 0 Å². The maximum absolute atomic E-state index is 17.4. The fourth-order valence-corrected chi connectivity index (χ4v) is 9.56. The zero-order valence-electron chi connectivity index (χ0n) is 30.0. The summed E-state index contributed by atoms with van der Waals surface area (Å²) in [5.41, 5.74) is 2.81. The number of carbonyl (C=O) groups excluding carboxylic acids is 1. The van der Waals surface area contributed by atoms with Crippen LogP contribution in [-0.4, -0.2) is 50.7 Å². The van der Waals surface area contributed by atoms with Crippen LogP contribution in [-0.2, 0) is 22.6 Å². The Morgan fingerprint density at radius 1 is 1.11 bits per heavy atom. The highest BCUT2D eigenvalue weighted by Gasteiger charge is 2.51. The molecule has 6 unspecified atom stereocenters. The highest BCUT2D eigenvalue weighted by atomic mass is 35.5. The smallest absolute Gasteiger partial charge is 0.226 e. The average molecular weight is 789 g/mol. The Balaban J connectivity index is 1.26. The maximum Gasteiger partial charge on any atom is 0.226 e. The number of rotatable bonds is 10. The zero-order chi connectivity index (χ0) is 38.3. The van der Waals surface area contributed by atoms with E-state index in [0.717, 1.165) is 31.5 Å². The molecular weight excluding hydrogens is 750 g/mol. The minimum absolute atomic E-state index is 0.00583. The van der Waals surface area contributed by atoms with Crippen LogP contribution in [0.3, 0.4) is 0 Å². The van der Waals surface area contributed by atoms with Gasteiger partial charge in [-0.1, -0.05) is 41.4 Å². The maximum atomic E-state index is 17.4. The van der Waals surface area contributed by atoms with Crippen molar-refractivity contribution in [3.05, 3.63) is 98.5 Å². The molecule has 2 bridgehead atoms. The summed E-state index contributed by atoms with van der Waals surface area (Å²) in [5, 5.41) is 26.1. The van der Waals surface area contributed by atoms with Crippen molar-refractivity contribution in [2.24, 2.45) is 11.8 Å². The summed E-state index contributed by atoms with van der Waals surface area (Å²) >= 11 is 13.1. The van der Waals surface area contributed by atoms with Gasteiger partial charge in [0, 0.05) is 71.0 Å². The molecule has 1 amide bonds. The Labute approximate surface area is 325 Å². The third-order valence-electron chi connectivity index (χ3n) is 12.0. The van der Waals surface area contributed by atoms with Gasteiger partial charge in [-0.05, 0) is 74.4 Å². The number of pyridine rings is 1. The lowest BCUT2D eigenvalue weighted by Crippen LogP contribution is -2.41. The largest absolute Gasteiger partial charge is 0.387 e. The molecule has 3 aliphatic heterocycles. The van der Waals surface area contributed by atoms with Gasteiger partial charge in [-0.25, -0.2) is 18.2 Å². The number of benzene rings is 3. The number of aliphatic hydroxyl groups is 1. The van der Waals surface area contributed by atoms with Crippen LogP contribution in [0.4, 0.5) is 13.2 Å². The van der Waals surface area contributed by atoms with Crippen LogP contribution in [0.5, 0.6) is 0 Å². The minimum Gasteiger partial charge on any atom is -0.387 e. The molecule has 6 atom stereocenters. The van der Waals surface area contributed by atoms with Crippen LogP contribution in [0.25, 0.3) is 32.9 Å². The molecule has 2 aliphatic carbocycles. The van der Waals surface area contributed by atoms with Crippen molar-refractivity contribution >= 4 is 50.9 Å². The number of fused-ring (bicyclic) bond motifs is 4. The Hall–Kier alpha value is -4.18. The number of nitrogens with zero attached hydrogens (tertiary/aromatic N) is 4.